The standard InChI is InChI=1S/C18H20O2S/c19-21(20)16-11-12-17(14-7-3-1-4-8-14)18(13-16)15-9-5-2-6-10-15/h1,3-4,7-8,11-13,15H,2,5-6,9-10H2,(H,19,20)/p-1. The Morgan fingerprint density at radius 2 is 1.67 bits per heavy atom. The summed E-state index contributed by atoms with van der Waals surface area (Å²) in [5.41, 5.74) is 3.54. The van der Waals surface area contributed by atoms with Crippen LogP contribution >= 0.6 is 0 Å². The molecule has 0 heterocycles. The Kier molecular flexibility index (Phi) is 4.51. The second kappa shape index (κ2) is 6.54. The molecule has 2 nitrogen and oxygen atoms in total. The molecule has 2 aromatic rings. The van der Waals surface area contributed by atoms with Crippen molar-refractivity contribution in [2.75, 3.05) is 0 Å². The van der Waals surface area contributed by atoms with Gasteiger partial charge < -0.3 is 4.55 Å². The summed E-state index contributed by atoms with van der Waals surface area (Å²) in [7, 11) is 0. The number of hydrogen-bond donors (Lipinski definition) is 0. The molecule has 1 unspecified atom stereocenters. The first-order valence-electron chi connectivity index (χ1n) is 7.54. The molecule has 2 aromatic carbocycles. The Balaban J connectivity index is 2.08. The number of hydrogen-bond acceptors (Lipinski definition) is 2. The maximum absolute atomic E-state index is 11.3. The highest BCUT2D eigenvalue weighted by Crippen LogP contribution is 2.38. The van der Waals surface area contributed by atoms with Gasteiger partial charge in [0.25, 0.3) is 0 Å². The molecule has 3 rings (SSSR count). The average molecular weight is 299 g/mol. The first-order chi connectivity index (χ1) is 10.3. The molecule has 0 aromatic heterocycles. The molecule has 3 heteroatoms. The Morgan fingerprint density at radius 3 is 2.33 bits per heavy atom. The molecule has 1 aliphatic rings. The minimum Gasteiger partial charge on any atom is -0.768 e. The van der Waals surface area contributed by atoms with E-state index in [2.05, 4.69) is 12.1 Å². The van der Waals surface area contributed by atoms with Crippen molar-refractivity contribution in [2.45, 2.75) is 42.9 Å². The lowest BCUT2D eigenvalue weighted by Gasteiger charge is -2.25. The van der Waals surface area contributed by atoms with Gasteiger partial charge in [-0.25, -0.2) is 0 Å². The molecule has 0 saturated heterocycles. The van der Waals surface area contributed by atoms with Crippen molar-refractivity contribution < 1.29 is 8.76 Å². The zero-order chi connectivity index (χ0) is 14.7. The third-order valence-electron chi connectivity index (χ3n) is 4.35. The van der Waals surface area contributed by atoms with Gasteiger partial charge in [0.2, 0.25) is 0 Å². The van der Waals surface area contributed by atoms with E-state index in [4.69, 9.17) is 0 Å². The smallest absolute Gasteiger partial charge is 0.0252 e. The fourth-order valence-electron chi connectivity index (χ4n) is 3.28. The quantitative estimate of drug-likeness (QED) is 0.775. The highest BCUT2D eigenvalue weighted by atomic mass is 32.2. The van der Waals surface area contributed by atoms with Crippen LogP contribution in [0.5, 0.6) is 0 Å². The first kappa shape index (κ1) is 14.5. The van der Waals surface area contributed by atoms with Crippen molar-refractivity contribution in [1.82, 2.24) is 0 Å². The van der Waals surface area contributed by atoms with Gasteiger partial charge in [-0.3, -0.25) is 4.21 Å². The maximum Gasteiger partial charge on any atom is 0.0252 e. The molecular weight excluding hydrogens is 280 g/mol. The lowest BCUT2D eigenvalue weighted by Crippen LogP contribution is -2.07. The Hall–Kier alpha value is -1.45. The Morgan fingerprint density at radius 1 is 0.952 bits per heavy atom. The predicted octanol–water partition coefficient (Wildman–Crippen LogP) is 4.64. The van der Waals surface area contributed by atoms with Crippen LogP contribution in [0.2, 0.25) is 0 Å². The van der Waals surface area contributed by atoms with E-state index in [9.17, 15) is 8.76 Å². The molecule has 0 amide bonds. The predicted molar refractivity (Wildman–Crippen MR) is 84.9 cm³/mol. The van der Waals surface area contributed by atoms with E-state index in [1.165, 1.54) is 36.0 Å². The highest BCUT2D eigenvalue weighted by Gasteiger charge is 2.19. The van der Waals surface area contributed by atoms with E-state index in [-0.39, 0.29) is 0 Å². The summed E-state index contributed by atoms with van der Waals surface area (Å²) in [5.74, 6) is 0.484. The van der Waals surface area contributed by atoms with Crippen LogP contribution in [0, 0.1) is 0 Å². The summed E-state index contributed by atoms with van der Waals surface area (Å²) in [6.07, 6.45) is 6.10. The van der Waals surface area contributed by atoms with Crippen LogP contribution < -0.4 is 0 Å². The van der Waals surface area contributed by atoms with Gasteiger partial charge >= 0.3 is 0 Å². The number of rotatable bonds is 3. The van der Waals surface area contributed by atoms with Gasteiger partial charge in [-0.05, 0) is 58.7 Å². The van der Waals surface area contributed by atoms with Gasteiger partial charge in [-0.1, -0.05) is 55.7 Å². The minimum atomic E-state index is -2.16. The second-order valence-corrected chi connectivity index (χ2v) is 6.63. The van der Waals surface area contributed by atoms with E-state index in [1.54, 1.807) is 6.07 Å². The lowest BCUT2D eigenvalue weighted by atomic mass is 9.81. The monoisotopic (exact) mass is 299 g/mol. The summed E-state index contributed by atoms with van der Waals surface area (Å²) in [5, 5.41) is 0. The Labute approximate surface area is 128 Å². The van der Waals surface area contributed by atoms with E-state index in [0.717, 1.165) is 12.8 Å². The average Bonchev–Trinajstić information content (AvgIpc) is 2.56. The van der Waals surface area contributed by atoms with Crippen molar-refractivity contribution >= 4 is 11.1 Å². The summed E-state index contributed by atoms with van der Waals surface area (Å²) >= 11 is -2.16. The minimum absolute atomic E-state index is 0.398. The van der Waals surface area contributed by atoms with Crippen molar-refractivity contribution in [1.29, 1.82) is 0 Å². The van der Waals surface area contributed by atoms with Crippen molar-refractivity contribution in [3.8, 4) is 11.1 Å². The van der Waals surface area contributed by atoms with Gasteiger partial charge in [0.15, 0.2) is 0 Å². The maximum atomic E-state index is 11.3. The van der Waals surface area contributed by atoms with Crippen molar-refractivity contribution in [2.24, 2.45) is 0 Å². The van der Waals surface area contributed by atoms with Gasteiger partial charge in [-0.2, -0.15) is 0 Å². The van der Waals surface area contributed by atoms with Crippen LogP contribution in [-0.2, 0) is 11.1 Å². The SMILES string of the molecule is O=S([O-])c1ccc(-c2ccccc2)c(C2CCCCC2)c1. The molecule has 1 fully saturated rings. The van der Waals surface area contributed by atoms with Gasteiger partial charge in [0, 0.05) is 4.90 Å². The lowest BCUT2D eigenvalue weighted by molar-refractivity contribution is 0.443. The fraction of sp³-hybridized carbons (Fsp3) is 0.333. The molecule has 0 bridgehead atoms. The molecule has 0 N–H and O–H groups in total. The van der Waals surface area contributed by atoms with Crippen molar-refractivity contribution in [3.63, 3.8) is 0 Å². The highest BCUT2D eigenvalue weighted by molar-refractivity contribution is 7.79. The molecular formula is C18H19O2S-. The molecule has 0 radical (unpaired) electrons. The number of benzene rings is 2. The van der Waals surface area contributed by atoms with Crippen LogP contribution in [0.3, 0.4) is 0 Å². The second-order valence-electron chi connectivity index (χ2n) is 5.68. The van der Waals surface area contributed by atoms with Gasteiger partial charge in [0.1, 0.15) is 0 Å². The van der Waals surface area contributed by atoms with E-state index in [0.29, 0.717) is 10.8 Å². The molecule has 110 valence electrons. The van der Waals surface area contributed by atoms with Crippen LogP contribution in [0.4, 0.5) is 0 Å². The first-order valence-corrected chi connectivity index (χ1v) is 8.62. The molecule has 1 aliphatic carbocycles. The zero-order valence-electron chi connectivity index (χ0n) is 12.0. The zero-order valence-corrected chi connectivity index (χ0v) is 12.8. The Bertz CT molecular complexity index is 631. The molecule has 1 atom stereocenters. The topological polar surface area (TPSA) is 40.1 Å². The normalized spacial score (nSPS) is 17.6. The molecule has 1 saturated carbocycles. The summed E-state index contributed by atoms with van der Waals surface area (Å²) < 4.78 is 22.6. The van der Waals surface area contributed by atoms with Crippen LogP contribution in [0.25, 0.3) is 11.1 Å². The molecule has 0 aliphatic heterocycles. The van der Waals surface area contributed by atoms with Crippen LogP contribution in [-0.4, -0.2) is 8.76 Å². The van der Waals surface area contributed by atoms with Gasteiger partial charge in [0.05, 0.1) is 0 Å². The van der Waals surface area contributed by atoms with Crippen LogP contribution in [0.15, 0.2) is 53.4 Å². The summed E-state index contributed by atoms with van der Waals surface area (Å²) in [6.45, 7) is 0. The third-order valence-corrected chi connectivity index (χ3v) is 4.98. The van der Waals surface area contributed by atoms with Crippen molar-refractivity contribution in [3.05, 3.63) is 54.1 Å². The van der Waals surface area contributed by atoms with Crippen LogP contribution in [0.1, 0.15) is 43.6 Å². The van der Waals surface area contributed by atoms with Gasteiger partial charge in [-0.15, -0.1) is 0 Å². The molecule has 0 spiro atoms. The van der Waals surface area contributed by atoms with E-state index >= 15 is 0 Å². The summed E-state index contributed by atoms with van der Waals surface area (Å²) in [4.78, 5) is 0.398. The summed E-state index contributed by atoms with van der Waals surface area (Å²) in [6, 6.07) is 15.8. The van der Waals surface area contributed by atoms with E-state index in [1.807, 2.05) is 30.3 Å². The fourth-order valence-corrected chi connectivity index (χ4v) is 3.68. The third kappa shape index (κ3) is 3.25. The molecule has 21 heavy (non-hydrogen) atoms. The largest absolute Gasteiger partial charge is 0.768 e. The van der Waals surface area contributed by atoms with E-state index < -0.39 is 11.1 Å².